The molecule has 0 saturated heterocycles. The molecule has 0 bridgehead atoms. The number of hydrogen-bond donors (Lipinski definition) is 2. The summed E-state index contributed by atoms with van der Waals surface area (Å²) in [7, 11) is 1.99. The number of nitrogens with one attached hydrogen (secondary N) is 1. The van der Waals surface area contributed by atoms with Crippen LogP contribution in [0.4, 0.5) is 0 Å². The van der Waals surface area contributed by atoms with Crippen molar-refractivity contribution in [2.75, 3.05) is 20.1 Å². The highest BCUT2D eigenvalue weighted by atomic mass is 15.5. The lowest BCUT2D eigenvalue weighted by Crippen LogP contribution is -2.35. The van der Waals surface area contributed by atoms with Gasteiger partial charge in [-0.1, -0.05) is 56.3 Å². The van der Waals surface area contributed by atoms with E-state index in [9.17, 15) is 0 Å². The van der Waals surface area contributed by atoms with Crippen molar-refractivity contribution in [2.45, 2.75) is 64.2 Å². The van der Waals surface area contributed by atoms with E-state index in [1.165, 1.54) is 44.1 Å². The van der Waals surface area contributed by atoms with Gasteiger partial charge in [0.2, 0.25) is 0 Å². The van der Waals surface area contributed by atoms with Crippen molar-refractivity contribution in [1.82, 2.24) is 16.6 Å². The molecule has 3 heteroatoms. The van der Waals surface area contributed by atoms with E-state index in [1.807, 2.05) is 13.1 Å². The lowest BCUT2D eigenvalue weighted by molar-refractivity contribution is 0.236. The summed E-state index contributed by atoms with van der Waals surface area (Å²) in [4.78, 5) is 0. The fourth-order valence-electron chi connectivity index (χ4n) is 3.57. The van der Waals surface area contributed by atoms with Crippen LogP contribution >= 0.6 is 0 Å². The van der Waals surface area contributed by atoms with Crippen LogP contribution in [0.5, 0.6) is 0 Å². The Balaban J connectivity index is 0.00000253. The second-order valence-corrected chi connectivity index (χ2v) is 8.17. The van der Waals surface area contributed by atoms with Gasteiger partial charge in [0.25, 0.3) is 0 Å². The maximum atomic E-state index is 3.79. The summed E-state index contributed by atoms with van der Waals surface area (Å²) in [6.45, 7) is 16.4. The molecule has 29 heavy (non-hydrogen) atoms. The average molecular weight is 400 g/mol. The normalized spacial score (nSPS) is 14.4. The van der Waals surface area contributed by atoms with E-state index in [0.717, 1.165) is 25.4 Å². The van der Waals surface area contributed by atoms with Crippen LogP contribution in [-0.4, -0.2) is 25.1 Å². The third kappa shape index (κ3) is 10.1. The molecule has 1 aliphatic rings. The fourth-order valence-corrected chi connectivity index (χ4v) is 3.57. The summed E-state index contributed by atoms with van der Waals surface area (Å²) < 4.78 is 0. The number of hydrazine groups is 1. The van der Waals surface area contributed by atoms with Crippen LogP contribution in [0.1, 0.15) is 63.5 Å². The molecule has 1 saturated carbocycles. The van der Waals surface area contributed by atoms with Crippen molar-refractivity contribution >= 4 is 0 Å². The van der Waals surface area contributed by atoms with Crippen LogP contribution in [0.2, 0.25) is 0 Å². The van der Waals surface area contributed by atoms with E-state index in [-0.39, 0.29) is 6.15 Å². The Morgan fingerprint density at radius 2 is 1.90 bits per heavy atom. The molecular weight excluding hydrogens is 354 g/mol. The minimum Gasteiger partial charge on any atom is -0.344 e. The second-order valence-electron chi connectivity index (χ2n) is 8.17. The zero-order valence-corrected chi connectivity index (χ0v) is 19.3. The standard InChI is InChI=1S/C24H38N2.C2H4.H3N/c1-5-6-18-26(25-4)19-9-7-8-15-24(16-17-24)23-12-10-11-22(20-23)14-13-21(2)3;1-2;/h5,7,9-12,20-21,25H,1,6,8,13-19H2,2-4H3;1-2H2;1H3/b9-7+;;. The van der Waals surface area contributed by atoms with Gasteiger partial charge in [-0.25, -0.2) is 5.01 Å². The van der Waals surface area contributed by atoms with Gasteiger partial charge in [-0.05, 0) is 74.5 Å². The smallest absolute Gasteiger partial charge is 0.0311 e. The summed E-state index contributed by atoms with van der Waals surface area (Å²) >= 11 is 0. The van der Waals surface area contributed by atoms with Crippen molar-refractivity contribution < 1.29 is 0 Å². The van der Waals surface area contributed by atoms with Crippen LogP contribution in [0.3, 0.4) is 0 Å². The molecule has 0 atom stereocenters. The molecule has 4 N–H and O–H groups in total. The quantitative estimate of drug-likeness (QED) is 0.289. The molecule has 164 valence electrons. The van der Waals surface area contributed by atoms with Crippen molar-refractivity contribution in [3.63, 3.8) is 0 Å². The first-order chi connectivity index (χ1) is 13.6. The van der Waals surface area contributed by atoms with Crippen LogP contribution < -0.4 is 11.6 Å². The topological polar surface area (TPSA) is 50.3 Å². The first-order valence-electron chi connectivity index (χ1n) is 10.9. The summed E-state index contributed by atoms with van der Waals surface area (Å²) in [5, 5.41) is 2.23. The summed E-state index contributed by atoms with van der Waals surface area (Å²) in [6.07, 6.45) is 15.3. The second kappa shape index (κ2) is 15.2. The molecule has 1 aromatic rings. The van der Waals surface area contributed by atoms with Crippen molar-refractivity contribution in [2.24, 2.45) is 5.92 Å². The van der Waals surface area contributed by atoms with Gasteiger partial charge in [-0.3, -0.25) is 5.43 Å². The monoisotopic (exact) mass is 399 g/mol. The van der Waals surface area contributed by atoms with Crippen LogP contribution in [0.25, 0.3) is 0 Å². The lowest BCUT2D eigenvalue weighted by atomic mass is 9.89. The molecular formula is C26H45N3. The van der Waals surface area contributed by atoms with Crippen LogP contribution in [0.15, 0.2) is 62.2 Å². The Morgan fingerprint density at radius 1 is 1.17 bits per heavy atom. The molecule has 3 nitrogen and oxygen atoms in total. The van der Waals surface area contributed by atoms with Crippen molar-refractivity contribution in [3.8, 4) is 0 Å². The maximum Gasteiger partial charge on any atom is 0.0311 e. The molecule has 0 unspecified atom stereocenters. The fraction of sp³-hybridized carbons (Fsp3) is 0.538. The molecule has 0 radical (unpaired) electrons. The number of aryl methyl sites for hydroxylation is 1. The van der Waals surface area contributed by atoms with Gasteiger partial charge in [-0.2, -0.15) is 0 Å². The van der Waals surface area contributed by atoms with E-state index in [4.69, 9.17) is 0 Å². The van der Waals surface area contributed by atoms with E-state index < -0.39 is 0 Å². The third-order valence-corrected chi connectivity index (χ3v) is 5.60. The summed E-state index contributed by atoms with van der Waals surface area (Å²) in [5.74, 6) is 0.780. The Labute approximate surface area is 180 Å². The first-order valence-corrected chi connectivity index (χ1v) is 10.9. The highest BCUT2D eigenvalue weighted by Crippen LogP contribution is 2.52. The zero-order chi connectivity index (χ0) is 20.8. The molecule has 1 aromatic carbocycles. The zero-order valence-electron chi connectivity index (χ0n) is 19.3. The summed E-state index contributed by atoms with van der Waals surface area (Å²) in [5.41, 5.74) is 6.80. The maximum absolute atomic E-state index is 3.79. The number of rotatable bonds is 13. The summed E-state index contributed by atoms with van der Waals surface area (Å²) in [6, 6.07) is 9.41. The number of benzene rings is 1. The van der Waals surface area contributed by atoms with Crippen LogP contribution in [-0.2, 0) is 11.8 Å². The average Bonchev–Trinajstić information content (AvgIpc) is 3.51. The molecule has 0 spiro atoms. The minimum absolute atomic E-state index is 0. The van der Waals surface area contributed by atoms with E-state index >= 15 is 0 Å². The van der Waals surface area contributed by atoms with Crippen molar-refractivity contribution in [3.05, 3.63) is 73.4 Å². The van der Waals surface area contributed by atoms with E-state index in [0.29, 0.717) is 5.41 Å². The van der Waals surface area contributed by atoms with E-state index in [2.05, 4.69) is 80.4 Å². The van der Waals surface area contributed by atoms with Crippen LogP contribution in [0, 0.1) is 5.92 Å². The Morgan fingerprint density at radius 3 is 2.48 bits per heavy atom. The predicted molar refractivity (Wildman–Crippen MR) is 131 cm³/mol. The SMILES string of the molecule is C=C.C=CCCN(C/C=C/CCC1(c2cccc(CCC(C)C)c2)CC1)NC.N. The molecule has 0 heterocycles. The molecule has 1 aliphatic carbocycles. The number of nitrogens with zero attached hydrogens (tertiary/aromatic N) is 1. The highest BCUT2D eigenvalue weighted by molar-refractivity contribution is 5.34. The minimum atomic E-state index is 0. The Bertz CT molecular complexity index is 587. The highest BCUT2D eigenvalue weighted by Gasteiger charge is 2.43. The van der Waals surface area contributed by atoms with Gasteiger partial charge < -0.3 is 6.15 Å². The predicted octanol–water partition coefficient (Wildman–Crippen LogP) is 6.62. The van der Waals surface area contributed by atoms with Gasteiger partial charge in [0.05, 0.1) is 0 Å². The van der Waals surface area contributed by atoms with E-state index in [1.54, 1.807) is 5.56 Å². The molecule has 0 aliphatic heterocycles. The Hall–Kier alpha value is -1.68. The number of hydrogen-bond acceptors (Lipinski definition) is 3. The van der Waals surface area contributed by atoms with Gasteiger partial charge in [0.1, 0.15) is 0 Å². The molecule has 1 fully saturated rings. The Kier molecular flexibility index (Phi) is 14.3. The third-order valence-electron chi connectivity index (χ3n) is 5.60. The van der Waals surface area contributed by atoms with Crippen molar-refractivity contribution in [1.29, 1.82) is 0 Å². The van der Waals surface area contributed by atoms with Gasteiger partial charge in [-0.15, -0.1) is 19.7 Å². The van der Waals surface area contributed by atoms with Gasteiger partial charge in [0, 0.05) is 13.1 Å². The van der Waals surface area contributed by atoms with Gasteiger partial charge >= 0.3 is 0 Å². The molecule has 0 aromatic heterocycles. The lowest BCUT2D eigenvalue weighted by Gasteiger charge is -2.18. The first kappa shape index (κ1) is 27.3. The number of allylic oxidation sites excluding steroid dienone is 1. The van der Waals surface area contributed by atoms with Gasteiger partial charge in [0.15, 0.2) is 0 Å². The molecule has 0 amide bonds. The molecule has 2 rings (SSSR count). The largest absolute Gasteiger partial charge is 0.344 e.